The van der Waals surface area contributed by atoms with Gasteiger partial charge in [0, 0.05) is 19.3 Å². The van der Waals surface area contributed by atoms with E-state index >= 15 is 0 Å². The number of nitrogen functional groups attached to an aromatic ring is 1. The number of hydrazine groups is 1. The maximum atomic E-state index is 5.30. The van der Waals surface area contributed by atoms with Crippen LogP contribution in [0.2, 0.25) is 0 Å². The Bertz CT molecular complexity index is 399. The number of halogens is 1. The Morgan fingerprint density at radius 2 is 2.44 bits per heavy atom. The summed E-state index contributed by atoms with van der Waals surface area (Å²) in [5.41, 5.74) is 2.45. The Kier molecular flexibility index (Phi) is 4.73. The van der Waals surface area contributed by atoms with Crippen molar-refractivity contribution in [3.05, 3.63) is 10.7 Å². The average Bonchev–Trinajstić information content (AvgIpc) is 2.38. The topological polar surface area (TPSA) is 79.1 Å². The summed E-state index contributed by atoms with van der Waals surface area (Å²) in [6.07, 6.45) is 4.23. The first kappa shape index (κ1) is 13.5. The highest BCUT2D eigenvalue weighted by Gasteiger charge is 2.17. The van der Waals surface area contributed by atoms with Crippen molar-refractivity contribution in [1.82, 2.24) is 14.9 Å². The molecular formula is C11H19BrN6. The minimum absolute atomic E-state index is 0.418. The molecule has 6 nitrogen and oxygen atoms in total. The lowest BCUT2D eigenvalue weighted by molar-refractivity contribution is 0.217. The highest BCUT2D eigenvalue weighted by atomic mass is 79.9. The largest absolute Gasteiger partial charge is 0.369 e. The van der Waals surface area contributed by atoms with Crippen molar-refractivity contribution < 1.29 is 0 Å². The molecule has 1 aliphatic rings. The quantitative estimate of drug-likeness (QED) is 0.574. The van der Waals surface area contributed by atoms with E-state index in [4.69, 9.17) is 5.84 Å². The number of nitrogens with zero attached hydrogens (tertiary/aromatic N) is 3. The van der Waals surface area contributed by atoms with Crippen LogP contribution in [0.15, 0.2) is 10.7 Å². The first-order chi connectivity index (χ1) is 8.69. The molecule has 1 aliphatic heterocycles. The molecule has 0 amide bonds. The molecule has 2 rings (SSSR count). The first-order valence-corrected chi connectivity index (χ1v) is 6.90. The molecule has 0 aromatic carbocycles. The molecule has 2 heterocycles. The Morgan fingerprint density at radius 3 is 3.17 bits per heavy atom. The van der Waals surface area contributed by atoms with Gasteiger partial charge in [-0.05, 0) is 48.3 Å². The Morgan fingerprint density at radius 1 is 1.61 bits per heavy atom. The average molecular weight is 315 g/mol. The zero-order chi connectivity index (χ0) is 13.0. The molecule has 4 N–H and O–H groups in total. The molecule has 0 radical (unpaired) electrons. The van der Waals surface area contributed by atoms with E-state index in [9.17, 15) is 0 Å². The molecule has 0 bridgehead atoms. The fourth-order valence-corrected chi connectivity index (χ4v) is 2.57. The van der Waals surface area contributed by atoms with Gasteiger partial charge >= 0.3 is 0 Å². The molecule has 0 saturated carbocycles. The number of hydrogen-bond acceptors (Lipinski definition) is 6. The standard InChI is InChI=1S/C11H19BrN6/c1-18-4-2-3-8(7-18)5-14-10-9(12)6-15-11(16-10)17-13/h6,8H,2-5,7,13H2,1H3,(H2,14,15,16,17). The summed E-state index contributed by atoms with van der Waals surface area (Å²) in [5.74, 6) is 7.17. The van der Waals surface area contributed by atoms with Gasteiger partial charge < -0.3 is 10.2 Å². The molecule has 1 atom stereocenters. The van der Waals surface area contributed by atoms with Crippen LogP contribution >= 0.6 is 15.9 Å². The van der Waals surface area contributed by atoms with E-state index in [1.807, 2.05) is 0 Å². The van der Waals surface area contributed by atoms with Gasteiger partial charge in [0.05, 0.1) is 4.47 Å². The number of aromatic nitrogens is 2. The molecule has 7 heteroatoms. The number of likely N-dealkylation sites (tertiary alicyclic amines) is 1. The fourth-order valence-electron chi connectivity index (χ4n) is 2.24. The Hall–Kier alpha value is -0.920. The van der Waals surface area contributed by atoms with E-state index in [1.165, 1.54) is 19.4 Å². The van der Waals surface area contributed by atoms with Gasteiger partial charge in [-0.1, -0.05) is 0 Å². The van der Waals surface area contributed by atoms with Crippen LogP contribution in [-0.2, 0) is 0 Å². The van der Waals surface area contributed by atoms with Crippen molar-refractivity contribution >= 4 is 27.7 Å². The van der Waals surface area contributed by atoms with E-state index < -0.39 is 0 Å². The zero-order valence-electron chi connectivity index (χ0n) is 10.5. The third-order valence-electron chi connectivity index (χ3n) is 3.15. The first-order valence-electron chi connectivity index (χ1n) is 6.10. The third kappa shape index (κ3) is 3.54. The normalized spacial score (nSPS) is 20.7. The minimum Gasteiger partial charge on any atom is -0.369 e. The number of anilines is 2. The van der Waals surface area contributed by atoms with Crippen LogP contribution in [0.4, 0.5) is 11.8 Å². The molecule has 1 aromatic heterocycles. The summed E-state index contributed by atoms with van der Waals surface area (Å²) in [6, 6.07) is 0. The van der Waals surface area contributed by atoms with E-state index in [0.29, 0.717) is 11.9 Å². The van der Waals surface area contributed by atoms with Gasteiger partial charge in [-0.15, -0.1) is 0 Å². The smallest absolute Gasteiger partial charge is 0.239 e. The summed E-state index contributed by atoms with van der Waals surface area (Å²) >= 11 is 3.43. The predicted octanol–water partition coefficient (Wildman–Crippen LogP) is 1.28. The van der Waals surface area contributed by atoms with E-state index in [0.717, 1.165) is 23.4 Å². The van der Waals surface area contributed by atoms with Crippen molar-refractivity contribution in [2.45, 2.75) is 12.8 Å². The molecule has 0 aliphatic carbocycles. The molecule has 1 fully saturated rings. The van der Waals surface area contributed by atoms with Crippen LogP contribution in [-0.4, -0.2) is 41.5 Å². The second-order valence-corrected chi connectivity index (χ2v) is 5.54. The second-order valence-electron chi connectivity index (χ2n) is 4.69. The summed E-state index contributed by atoms with van der Waals surface area (Å²) in [7, 11) is 2.17. The van der Waals surface area contributed by atoms with Gasteiger partial charge in [-0.3, -0.25) is 5.43 Å². The van der Waals surface area contributed by atoms with Crippen molar-refractivity contribution in [2.24, 2.45) is 11.8 Å². The maximum absolute atomic E-state index is 5.30. The molecule has 1 aromatic rings. The van der Waals surface area contributed by atoms with Crippen molar-refractivity contribution in [1.29, 1.82) is 0 Å². The lowest BCUT2D eigenvalue weighted by atomic mass is 9.98. The molecule has 0 spiro atoms. The minimum atomic E-state index is 0.418. The predicted molar refractivity (Wildman–Crippen MR) is 76.3 cm³/mol. The van der Waals surface area contributed by atoms with E-state index in [2.05, 4.69) is 48.6 Å². The van der Waals surface area contributed by atoms with Gasteiger partial charge in [0.25, 0.3) is 0 Å². The number of rotatable bonds is 4. The molecule has 100 valence electrons. The highest BCUT2D eigenvalue weighted by molar-refractivity contribution is 9.10. The number of hydrogen-bond donors (Lipinski definition) is 3. The molecule has 1 unspecified atom stereocenters. The maximum Gasteiger partial charge on any atom is 0.239 e. The summed E-state index contributed by atoms with van der Waals surface area (Å²) in [6.45, 7) is 3.26. The van der Waals surface area contributed by atoms with Gasteiger partial charge in [0.2, 0.25) is 5.95 Å². The molecular weight excluding hydrogens is 296 g/mol. The van der Waals surface area contributed by atoms with Crippen molar-refractivity contribution in [3.8, 4) is 0 Å². The molecule has 18 heavy (non-hydrogen) atoms. The van der Waals surface area contributed by atoms with Crippen LogP contribution in [0.1, 0.15) is 12.8 Å². The van der Waals surface area contributed by atoms with Gasteiger partial charge in [-0.25, -0.2) is 10.8 Å². The van der Waals surface area contributed by atoms with Crippen LogP contribution in [0, 0.1) is 5.92 Å². The third-order valence-corrected chi connectivity index (χ3v) is 3.73. The monoisotopic (exact) mass is 314 g/mol. The van der Waals surface area contributed by atoms with E-state index in [1.54, 1.807) is 6.20 Å². The van der Waals surface area contributed by atoms with Gasteiger partial charge in [0.15, 0.2) is 0 Å². The van der Waals surface area contributed by atoms with Crippen molar-refractivity contribution in [2.75, 3.05) is 37.4 Å². The Labute approximate surface area is 115 Å². The van der Waals surface area contributed by atoms with Crippen LogP contribution in [0.5, 0.6) is 0 Å². The Balaban J connectivity index is 1.92. The number of nitrogens with two attached hydrogens (primary N) is 1. The number of nitrogens with one attached hydrogen (secondary N) is 2. The van der Waals surface area contributed by atoms with Crippen LogP contribution < -0.4 is 16.6 Å². The van der Waals surface area contributed by atoms with E-state index in [-0.39, 0.29) is 0 Å². The SMILES string of the molecule is CN1CCCC(CNc2nc(NN)ncc2Br)C1. The van der Waals surface area contributed by atoms with Crippen LogP contribution in [0.25, 0.3) is 0 Å². The lowest BCUT2D eigenvalue weighted by Crippen LogP contribution is -2.35. The summed E-state index contributed by atoms with van der Waals surface area (Å²) < 4.78 is 0.852. The summed E-state index contributed by atoms with van der Waals surface area (Å²) in [4.78, 5) is 10.7. The van der Waals surface area contributed by atoms with Gasteiger partial charge in [-0.2, -0.15) is 4.98 Å². The molecule has 1 saturated heterocycles. The highest BCUT2D eigenvalue weighted by Crippen LogP contribution is 2.21. The van der Waals surface area contributed by atoms with Crippen LogP contribution in [0.3, 0.4) is 0 Å². The second kappa shape index (κ2) is 6.31. The van der Waals surface area contributed by atoms with Crippen molar-refractivity contribution in [3.63, 3.8) is 0 Å². The zero-order valence-corrected chi connectivity index (χ0v) is 12.1. The lowest BCUT2D eigenvalue weighted by Gasteiger charge is -2.29. The summed E-state index contributed by atoms with van der Waals surface area (Å²) in [5, 5.41) is 3.36. The number of piperidine rings is 1. The fraction of sp³-hybridized carbons (Fsp3) is 0.636. The van der Waals surface area contributed by atoms with Gasteiger partial charge in [0.1, 0.15) is 5.82 Å².